The van der Waals surface area contributed by atoms with Crippen molar-refractivity contribution >= 4 is 11.8 Å². The lowest BCUT2D eigenvalue weighted by Gasteiger charge is -2.28. The van der Waals surface area contributed by atoms with Gasteiger partial charge in [-0.3, -0.25) is 0 Å². The molecule has 2 saturated heterocycles. The van der Waals surface area contributed by atoms with Crippen LogP contribution >= 0.6 is 11.8 Å². The lowest BCUT2D eigenvalue weighted by Crippen LogP contribution is -2.44. The summed E-state index contributed by atoms with van der Waals surface area (Å²) in [6.45, 7) is 4.26. The summed E-state index contributed by atoms with van der Waals surface area (Å²) in [6.07, 6.45) is 2.40. The van der Waals surface area contributed by atoms with Crippen LogP contribution in [0.25, 0.3) is 0 Å². The molecule has 2 aliphatic heterocycles. The van der Waals surface area contributed by atoms with E-state index in [9.17, 15) is 0 Å². The van der Waals surface area contributed by atoms with Crippen LogP contribution in [0.2, 0.25) is 0 Å². The van der Waals surface area contributed by atoms with Crippen molar-refractivity contribution in [3.63, 3.8) is 0 Å². The fraction of sp³-hybridized carbons (Fsp3) is 1.00. The van der Waals surface area contributed by atoms with Gasteiger partial charge in [0.05, 0.1) is 0 Å². The molecular weight excluding hydrogens is 182 g/mol. The summed E-state index contributed by atoms with van der Waals surface area (Å²) in [4.78, 5) is 0. The maximum absolute atomic E-state index is 5.35. The highest BCUT2D eigenvalue weighted by Gasteiger charge is 2.26. The zero-order valence-corrected chi connectivity index (χ0v) is 9.11. The van der Waals surface area contributed by atoms with Gasteiger partial charge in [-0.25, -0.2) is 0 Å². The number of thioether (sulfide) groups is 1. The van der Waals surface area contributed by atoms with E-state index in [1.165, 1.54) is 24.3 Å². The van der Waals surface area contributed by atoms with Gasteiger partial charge in [-0.1, -0.05) is 6.92 Å². The molecule has 1 N–H and O–H groups in total. The first kappa shape index (κ1) is 9.81. The fourth-order valence-corrected chi connectivity index (χ4v) is 3.46. The third-order valence-corrected chi connectivity index (χ3v) is 4.39. The second-order valence-electron chi connectivity index (χ2n) is 4.17. The summed E-state index contributed by atoms with van der Waals surface area (Å²) in [6, 6.07) is 1.48. The largest absolute Gasteiger partial charge is 0.381 e. The first-order valence-electron chi connectivity index (χ1n) is 5.28. The Morgan fingerprint density at radius 1 is 1.23 bits per heavy atom. The van der Waals surface area contributed by atoms with Crippen LogP contribution in [-0.2, 0) is 4.74 Å². The summed E-state index contributed by atoms with van der Waals surface area (Å²) in [7, 11) is 0. The molecule has 0 aromatic heterocycles. The van der Waals surface area contributed by atoms with Crippen LogP contribution in [0.3, 0.4) is 0 Å². The van der Waals surface area contributed by atoms with Gasteiger partial charge in [0, 0.05) is 31.1 Å². The van der Waals surface area contributed by atoms with Crippen molar-refractivity contribution in [1.82, 2.24) is 5.32 Å². The minimum atomic E-state index is 0.722. The Labute approximate surface area is 84.8 Å². The average Bonchev–Trinajstić information content (AvgIpc) is 2.54. The van der Waals surface area contributed by atoms with Gasteiger partial charge in [-0.2, -0.15) is 11.8 Å². The molecule has 2 heterocycles. The Kier molecular flexibility index (Phi) is 3.52. The van der Waals surface area contributed by atoms with E-state index >= 15 is 0 Å². The Morgan fingerprint density at radius 3 is 2.62 bits per heavy atom. The van der Waals surface area contributed by atoms with Gasteiger partial charge in [0.1, 0.15) is 0 Å². The standard InChI is InChI=1S/C10H19NOS/c1-8-6-13-7-10(8)11-9-2-4-12-5-3-9/h8-11H,2-7H2,1H3. The summed E-state index contributed by atoms with van der Waals surface area (Å²) in [5.41, 5.74) is 0. The molecule has 2 rings (SSSR count). The Balaban J connectivity index is 1.75. The van der Waals surface area contributed by atoms with Crippen molar-refractivity contribution in [2.45, 2.75) is 31.8 Å². The molecule has 0 bridgehead atoms. The van der Waals surface area contributed by atoms with E-state index in [-0.39, 0.29) is 0 Å². The van der Waals surface area contributed by atoms with Crippen LogP contribution in [0.15, 0.2) is 0 Å². The molecule has 2 atom stereocenters. The van der Waals surface area contributed by atoms with Crippen molar-refractivity contribution < 1.29 is 4.74 Å². The molecule has 76 valence electrons. The predicted molar refractivity (Wildman–Crippen MR) is 57.3 cm³/mol. The second-order valence-corrected chi connectivity index (χ2v) is 5.25. The molecular formula is C10H19NOS. The van der Waals surface area contributed by atoms with Gasteiger partial charge in [0.15, 0.2) is 0 Å². The first-order chi connectivity index (χ1) is 6.36. The Hall–Kier alpha value is 0.270. The SMILES string of the molecule is CC1CSCC1NC1CCOCC1. The highest BCUT2D eigenvalue weighted by Crippen LogP contribution is 2.24. The molecule has 0 saturated carbocycles. The third kappa shape index (κ3) is 2.61. The lowest BCUT2D eigenvalue weighted by molar-refractivity contribution is 0.0743. The van der Waals surface area contributed by atoms with Crippen molar-refractivity contribution in [2.24, 2.45) is 5.92 Å². The van der Waals surface area contributed by atoms with Crippen LogP contribution in [0.5, 0.6) is 0 Å². The summed E-state index contributed by atoms with van der Waals surface area (Å²) >= 11 is 2.09. The Morgan fingerprint density at radius 2 is 2.00 bits per heavy atom. The number of nitrogens with one attached hydrogen (secondary N) is 1. The maximum Gasteiger partial charge on any atom is 0.0480 e. The molecule has 13 heavy (non-hydrogen) atoms. The third-order valence-electron chi connectivity index (χ3n) is 3.04. The zero-order chi connectivity index (χ0) is 9.10. The number of hydrogen-bond acceptors (Lipinski definition) is 3. The minimum absolute atomic E-state index is 0.722. The average molecular weight is 201 g/mol. The number of hydrogen-bond donors (Lipinski definition) is 1. The van der Waals surface area contributed by atoms with E-state index in [1.54, 1.807) is 0 Å². The second kappa shape index (κ2) is 4.67. The van der Waals surface area contributed by atoms with Crippen LogP contribution in [-0.4, -0.2) is 36.8 Å². The number of rotatable bonds is 2. The molecule has 0 radical (unpaired) electrons. The molecule has 3 heteroatoms. The molecule has 0 amide bonds. The van der Waals surface area contributed by atoms with E-state index in [2.05, 4.69) is 24.0 Å². The van der Waals surface area contributed by atoms with Crippen LogP contribution in [0, 0.1) is 5.92 Å². The molecule has 2 nitrogen and oxygen atoms in total. The first-order valence-corrected chi connectivity index (χ1v) is 6.43. The number of ether oxygens (including phenoxy) is 1. The van der Waals surface area contributed by atoms with Gasteiger partial charge in [-0.15, -0.1) is 0 Å². The summed E-state index contributed by atoms with van der Waals surface area (Å²) in [5.74, 6) is 3.49. The van der Waals surface area contributed by atoms with Crippen molar-refractivity contribution in [3.05, 3.63) is 0 Å². The molecule has 0 aromatic rings. The molecule has 2 aliphatic rings. The topological polar surface area (TPSA) is 21.3 Å². The van der Waals surface area contributed by atoms with E-state index in [0.29, 0.717) is 0 Å². The molecule has 0 aromatic carbocycles. The van der Waals surface area contributed by atoms with Crippen molar-refractivity contribution in [1.29, 1.82) is 0 Å². The van der Waals surface area contributed by atoms with Crippen LogP contribution in [0.1, 0.15) is 19.8 Å². The highest BCUT2D eigenvalue weighted by molar-refractivity contribution is 7.99. The molecule has 2 unspecified atom stereocenters. The summed E-state index contributed by atoms with van der Waals surface area (Å²) in [5, 5.41) is 3.77. The predicted octanol–water partition coefficient (Wildman–Crippen LogP) is 1.51. The van der Waals surface area contributed by atoms with Gasteiger partial charge >= 0.3 is 0 Å². The normalized spacial score (nSPS) is 36.7. The van der Waals surface area contributed by atoms with Gasteiger partial charge in [0.2, 0.25) is 0 Å². The Bertz CT molecular complexity index is 159. The molecule has 0 spiro atoms. The minimum Gasteiger partial charge on any atom is -0.381 e. The maximum atomic E-state index is 5.35. The van der Waals surface area contributed by atoms with Gasteiger partial charge in [0.25, 0.3) is 0 Å². The van der Waals surface area contributed by atoms with Gasteiger partial charge < -0.3 is 10.1 Å². The summed E-state index contributed by atoms with van der Waals surface area (Å²) < 4.78 is 5.35. The van der Waals surface area contributed by atoms with E-state index in [4.69, 9.17) is 4.74 Å². The zero-order valence-electron chi connectivity index (χ0n) is 8.29. The van der Waals surface area contributed by atoms with Crippen molar-refractivity contribution in [3.8, 4) is 0 Å². The van der Waals surface area contributed by atoms with Crippen LogP contribution in [0.4, 0.5) is 0 Å². The fourth-order valence-electron chi connectivity index (χ4n) is 2.04. The van der Waals surface area contributed by atoms with Crippen molar-refractivity contribution in [2.75, 3.05) is 24.7 Å². The van der Waals surface area contributed by atoms with E-state index < -0.39 is 0 Å². The highest BCUT2D eigenvalue weighted by atomic mass is 32.2. The molecule has 2 fully saturated rings. The monoisotopic (exact) mass is 201 g/mol. The van der Waals surface area contributed by atoms with Crippen LogP contribution < -0.4 is 5.32 Å². The quantitative estimate of drug-likeness (QED) is 0.731. The van der Waals surface area contributed by atoms with E-state index in [0.717, 1.165) is 31.2 Å². The van der Waals surface area contributed by atoms with E-state index in [1.807, 2.05) is 0 Å². The smallest absolute Gasteiger partial charge is 0.0480 e. The van der Waals surface area contributed by atoms with Gasteiger partial charge in [-0.05, 0) is 24.5 Å². The lowest BCUT2D eigenvalue weighted by atomic mass is 10.0. The molecule has 0 aliphatic carbocycles.